The highest BCUT2D eigenvalue weighted by Crippen LogP contribution is 2.14. The number of benzene rings is 2. The van der Waals surface area contributed by atoms with Crippen molar-refractivity contribution in [1.82, 2.24) is 4.90 Å². The van der Waals surface area contributed by atoms with E-state index < -0.39 is 0 Å². The first-order valence-electron chi connectivity index (χ1n) is 7.52. The number of amides is 1. The molecule has 0 spiro atoms. The van der Waals surface area contributed by atoms with Gasteiger partial charge < -0.3 is 10.1 Å². The molecule has 122 valence electrons. The summed E-state index contributed by atoms with van der Waals surface area (Å²) in [5.74, 6) is 0.806. The van der Waals surface area contributed by atoms with Gasteiger partial charge >= 0.3 is 0 Å². The van der Waals surface area contributed by atoms with Crippen molar-refractivity contribution in [3.63, 3.8) is 0 Å². The summed E-state index contributed by atoms with van der Waals surface area (Å²) in [5, 5.41) is 3.50. The van der Waals surface area contributed by atoms with Crippen LogP contribution in [0.2, 0.25) is 5.02 Å². The Bertz CT molecular complexity index is 626. The minimum Gasteiger partial charge on any atom is -0.494 e. The van der Waals surface area contributed by atoms with E-state index in [9.17, 15) is 4.79 Å². The number of anilines is 1. The first-order valence-corrected chi connectivity index (χ1v) is 7.90. The molecule has 2 aromatic carbocycles. The van der Waals surface area contributed by atoms with Crippen LogP contribution in [0, 0.1) is 0 Å². The molecular weight excluding hydrogens is 312 g/mol. The molecule has 1 N–H and O–H groups in total. The van der Waals surface area contributed by atoms with Crippen molar-refractivity contribution in [2.24, 2.45) is 0 Å². The highest BCUT2D eigenvalue weighted by Gasteiger charge is 2.08. The standard InChI is InChI=1S/C18H21ClN2O2/c1-3-23-17-10-4-14(5-11-17)12-21(2)13-18(22)20-16-8-6-15(19)7-9-16/h4-11H,3,12-13H2,1-2H3,(H,20,22). The Labute approximate surface area is 142 Å². The summed E-state index contributed by atoms with van der Waals surface area (Å²) < 4.78 is 5.42. The van der Waals surface area contributed by atoms with Crippen LogP contribution in [0.5, 0.6) is 5.75 Å². The van der Waals surface area contributed by atoms with Gasteiger partial charge in [0.1, 0.15) is 5.75 Å². The van der Waals surface area contributed by atoms with Gasteiger partial charge in [0.25, 0.3) is 0 Å². The summed E-state index contributed by atoms with van der Waals surface area (Å²) in [7, 11) is 1.91. The number of hydrogen-bond acceptors (Lipinski definition) is 3. The number of carbonyl (C=O) groups excluding carboxylic acids is 1. The lowest BCUT2D eigenvalue weighted by Crippen LogP contribution is -2.29. The van der Waals surface area contributed by atoms with Crippen molar-refractivity contribution in [2.75, 3.05) is 25.5 Å². The Hall–Kier alpha value is -2.04. The fraction of sp³-hybridized carbons (Fsp3) is 0.278. The maximum Gasteiger partial charge on any atom is 0.238 e. The van der Waals surface area contributed by atoms with Gasteiger partial charge in [0, 0.05) is 17.3 Å². The van der Waals surface area contributed by atoms with Crippen LogP contribution in [0.15, 0.2) is 48.5 Å². The second kappa shape index (κ2) is 8.56. The smallest absolute Gasteiger partial charge is 0.238 e. The zero-order valence-corrected chi connectivity index (χ0v) is 14.1. The van der Waals surface area contributed by atoms with Crippen LogP contribution in [-0.4, -0.2) is 31.0 Å². The van der Waals surface area contributed by atoms with Crippen LogP contribution in [0.1, 0.15) is 12.5 Å². The molecule has 0 saturated heterocycles. The Kier molecular flexibility index (Phi) is 6.44. The minimum atomic E-state index is -0.0549. The van der Waals surface area contributed by atoms with E-state index in [1.165, 1.54) is 0 Å². The van der Waals surface area contributed by atoms with E-state index in [-0.39, 0.29) is 5.91 Å². The summed E-state index contributed by atoms with van der Waals surface area (Å²) in [6.07, 6.45) is 0. The lowest BCUT2D eigenvalue weighted by Gasteiger charge is -2.16. The van der Waals surface area contributed by atoms with Crippen molar-refractivity contribution >= 4 is 23.2 Å². The van der Waals surface area contributed by atoms with E-state index >= 15 is 0 Å². The molecular formula is C18H21ClN2O2. The summed E-state index contributed by atoms with van der Waals surface area (Å²) in [4.78, 5) is 14.0. The van der Waals surface area contributed by atoms with Gasteiger partial charge in [-0.3, -0.25) is 9.69 Å². The van der Waals surface area contributed by atoms with Crippen LogP contribution in [0.3, 0.4) is 0 Å². The predicted molar refractivity (Wildman–Crippen MR) is 94.0 cm³/mol. The average Bonchev–Trinajstić information content (AvgIpc) is 2.51. The summed E-state index contributed by atoms with van der Waals surface area (Å²) >= 11 is 5.82. The fourth-order valence-electron chi connectivity index (χ4n) is 2.20. The lowest BCUT2D eigenvalue weighted by atomic mass is 10.2. The first-order chi connectivity index (χ1) is 11.1. The van der Waals surface area contributed by atoms with Crippen LogP contribution >= 0.6 is 11.6 Å². The number of likely N-dealkylation sites (N-methyl/N-ethyl adjacent to an activating group) is 1. The second-order valence-electron chi connectivity index (χ2n) is 5.30. The minimum absolute atomic E-state index is 0.0549. The van der Waals surface area contributed by atoms with E-state index in [0.29, 0.717) is 24.7 Å². The van der Waals surface area contributed by atoms with E-state index in [0.717, 1.165) is 17.0 Å². The molecule has 4 nitrogen and oxygen atoms in total. The van der Waals surface area contributed by atoms with Crippen LogP contribution in [-0.2, 0) is 11.3 Å². The maximum atomic E-state index is 12.0. The number of halogens is 1. The van der Waals surface area contributed by atoms with Crippen LogP contribution < -0.4 is 10.1 Å². The fourth-order valence-corrected chi connectivity index (χ4v) is 2.33. The molecule has 1 amide bonds. The first kappa shape index (κ1) is 17.3. The Balaban J connectivity index is 1.82. The number of hydrogen-bond donors (Lipinski definition) is 1. The Morgan fingerprint density at radius 2 is 1.78 bits per heavy atom. The van der Waals surface area contributed by atoms with Crippen molar-refractivity contribution in [2.45, 2.75) is 13.5 Å². The molecule has 0 atom stereocenters. The van der Waals surface area contributed by atoms with Crippen molar-refractivity contribution in [3.8, 4) is 5.75 Å². The summed E-state index contributed by atoms with van der Waals surface area (Å²) in [5.41, 5.74) is 1.88. The quantitative estimate of drug-likeness (QED) is 0.838. The number of nitrogens with one attached hydrogen (secondary N) is 1. The zero-order valence-electron chi connectivity index (χ0n) is 13.4. The Morgan fingerprint density at radius 3 is 2.39 bits per heavy atom. The third-order valence-corrected chi connectivity index (χ3v) is 3.48. The molecule has 0 aliphatic rings. The molecule has 0 unspecified atom stereocenters. The monoisotopic (exact) mass is 332 g/mol. The van der Waals surface area contributed by atoms with Gasteiger partial charge in [-0.15, -0.1) is 0 Å². The van der Waals surface area contributed by atoms with Gasteiger partial charge in [-0.1, -0.05) is 23.7 Å². The van der Waals surface area contributed by atoms with Crippen molar-refractivity contribution < 1.29 is 9.53 Å². The highest BCUT2D eigenvalue weighted by atomic mass is 35.5. The van der Waals surface area contributed by atoms with E-state index in [2.05, 4.69) is 5.32 Å². The molecule has 0 aliphatic carbocycles. The molecule has 2 aromatic rings. The molecule has 0 aliphatic heterocycles. The second-order valence-corrected chi connectivity index (χ2v) is 5.74. The molecule has 0 radical (unpaired) electrons. The lowest BCUT2D eigenvalue weighted by molar-refractivity contribution is -0.117. The molecule has 0 heterocycles. The molecule has 23 heavy (non-hydrogen) atoms. The third-order valence-electron chi connectivity index (χ3n) is 3.23. The summed E-state index contributed by atoms with van der Waals surface area (Å²) in [6.45, 7) is 3.63. The topological polar surface area (TPSA) is 41.6 Å². The van der Waals surface area contributed by atoms with E-state index in [1.54, 1.807) is 24.3 Å². The largest absolute Gasteiger partial charge is 0.494 e. The predicted octanol–water partition coefficient (Wildman–Crippen LogP) is 3.81. The average molecular weight is 333 g/mol. The number of nitrogens with zero attached hydrogens (tertiary/aromatic N) is 1. The van der Waals surface area contributed by atoms with Crippen molar-refractivity contribution in [1.29, 1.82) is 0 Å². The normalized spacial score (nSPS) is 10.6. The molecule has 0 bridgehead atoms. The van der Waals surface area contributed by atoms with Crippen LogP contribution in [0.25, 0.3) is 0 Å². The third kappa shape index (κ3) is 5.93. The molecule has 0 saturated carbocycles. The van der Waals surface area contributed by atoms with Crippen molar-refractivity contribution in [3.05, 3.63) is 59.1 Å². The molecule has 0 fully saturated rings. The summed E-state index contributed by atoms with van der Waals surface area (Å²) in [6, 6.07) is 15.0. The van der Waals surface area contributed by atoms with Gasteiger partial charge in [-0.25, -0.2) is 0 Å². The number of carbonyl (C=O) groups is 1. The SMILES string of the molecule is CCOc1ccc(CN(C)CC(=O)Nc2ccc(Cl)cc2)cc1. The van der Waals surface area contributed by atoms with Crippen LogP contribution in [0.4, 0.5) is 5.69 Å². The zero-order chi connectivity index (χ0) is 16.7. The van der Waals surface area contributed by atoms with E-state index in [4.69, 9.17) is 16.3 Å². The van der Waals surface area contributed by atoms with Gasteiger partial charge in [0.2, 0.25) is 5.91 Å². The molecule has 2 rings (SSSR count). The van der Waals surface area contributed by atoms with Gasteiger partial charge in [-0.05, 0) is 55.9 Å². The Morgan fingerprint density at radius 1 is 1.13 bits per heavy atom. The van der Waals surface area contributed by atoms with Gasteiger partial charge in [0.05, 0.1) is 13.2 Å². The number of ether oxygens (including phenoxy) is 1. The number of rotatable bonds is 7. The molecule has 5 heteroatoms. The highest BCUT2D eigenvalue weighted by molar-refractivity contribution is 6.30. The van der Waals surface area contributed by atoms with E-state index in [1.807, 2.05) is 43.1 Å². The maximum absolute atomic E-state index is 12.0. The van der Waals surface area contributed by atoms with Gasteiger partial charge in [-0.2, -0.15) is 0 Å². The molecule has 0 aromatic heterocycles. The van der Waals surface area contributed by atoms with Gasteiger partial charge in [0.15, 0.2) is 0 Å².